The van der Waals surface area contributed by atoms with E-state index >= 15 is 0 Å². The monoisotopic (exact) mass is 290 g/mol. The second-order valence-electron chi connectivity index (χ2n) is 4.99. The van der Waals surface area contributed by atoms with Crippen molar-refractivity contribution in [3.8, 4) is 18.1 Å². The summed E-state index contributed by atoms with van der Waals surface area (Å²) in [6.07, 6.45) is 8.13. The smallest absolute Gasteiger partial charge is 0.147 e. The second-order valence-corrected chi connectivity index (χ2v) is 5.83. The van der Waals surface area contributed by atoms with Crippen molar-refractivity contribution in [1.82, 2.24) is 4.37 Å². The molecular formula is C15H18N2O2S. The summed E-state index contributed by atoms with van der Waals surface area (Å²) >= 11 is 1.41. The molecule has 0 bridgehead atoms. The standard InChI is InChI=1S/C15H18N2O2S/c1-3-11(2)7-8-15(16,18)10-19-13-5-4-6-14-12(13)9-17-20-14/h1,4-6,9,11,18H,7-8,10,16H2,2H3. The summed E-state index contributed by atoms with van der Waals surface area (Å²) in [6, 6.07) is 5.71. The lowest BCUT2D eigenvalue weighted by Crippen LogP contribution is -2.45. The number of aliphatic hydroxyl groups is 1. The highest BCUT2D eigenvalue weighted by atomic mass is 32.1. The molecule has 4 nitrogen and oxygen atoms in total. The van der Waals surface area contributed by atoms with Crippen LogP contribution in [-0.4, -0.2) is 21.8 Å². The van der Waals surface area contributed by atoms with Crippen LogP contribution in [0.15, 0.2) is 24.4 Å². The van der Waals surface area contributed by atoms with Crippen LogP contribution in [0.2, 0.25) is 0 Å². The molecule has 0 saturated heterocycles. The van der Waals surface area contributed by atoms with Gasteiger partial charge in [0.15, 0.2) is 0 Å². The molecule has 20 heavy (non-hydrogen) atoms. The molecule has 1 aromatic carbocycles. The van der Waals surface area contributed by atoms with Gasteiger partial charge < -0.3 is 15.6 Å². The van der Waals surface area contributed by atoms with Crippen molar-refractivity contribution in [1.29, 1.82) is 0 Å². The van der Waals surface area contributed by atoms with E-state index < -0.39 is 5.72 Å². The van der Waals surface area contributed by atoms with Gasteiger partial charge in [0.05, 0.1) is 16.3 Å². The fourth-order valence-electron chi connectivity index (χ4n) is 1.82. The molecular weight excluding hydrogens is 272 g/mol. The molecule has 0 radical (unpaired) electrons. The average Bonchev–Trinajstić information content (AvgIpc) is 2.91. The SMILES string of the molecule is C#CC(C)CCC(N)(O)COc1cccc2sncc12. The average molecular weight is 290 g/mol. The number of nitrogens with two attached hydrogens (primary N) is 1. The van der Waals surface area contributed by atoms with Gasteiger partial charge in [0, 0.05) is 5.92 Å². The molecule has 0 saturated carbocycles. The van der Waals surface area contributed by atoms with Crippen LogP contribution in [0.25, 0.3) is 10.1 Å². The third-order valence-corrected chi connectivity index (χ3v) is 3.89. The Labute approximate surface area is 122 Å². The maximum Gasteiger partial charge on any atom is 0.147 e. The van der Waals surface area contributed by atoms with E-state index in [-0.39, 0.29) is 12.5 Å². The van der Waals surface area contributed by atoms with E-state index in [1.807, 2.05) is 25.1 Å². The summed E-state index contributed by atoms with van der Waals surface area (Å²) in [5, 5.41) is 11.0. The van der Waals surface area contributed by atoms with Gasteiger partial charge in [-0.2, -0.15) is 4.37 Å². The molecule has 0 aliphatic rings. The summed E-state index contributed by atoms with van der Waals surface area (Å²) in [5.74, 6) is 3.40. The van der Waals surface area contributed by atoms with Gasteiger partial charge in [0.25, 0.3) is 0 Å². The van der Waals surface area contributed by atoms with E-state index in [9.17, 15) is 5.11 Å². The zero-order valence-electron chi connectivity index (χ0n) is 11.4. The molecule has 3 N–H and O–H groups in total. The maximum atomic E-state index is 10.1. The van der Waals surface area contributed by atoms with Crippen LogP contribution in [0, 0.1) is 18.3 Å². The van der Waals surface area contributed by atoms with Crippen LogP contribution in [0.3, 0.4) is 0 Å². The van der Waals surface area contributed by atoms with Gasteiger partial charge in [-0.1, -0.05) is 13.0 Å². The fraction of sp³-hybridized carbons (Fsp3) is 0.400. The van der Waals surface area contributed by atoms with Crippen molar-refractivity contribution < 1.29 is 9.84 Å². The highest BCUT2D eigenvalue weighted by Crippen LogP contribution is 2.28. The molecule has 2 aromatic rings. The summed E-state index contributed by atoms with van der Waals surface area (Å²) in [7, 11) is 0. The van der Waals surface area contributed by atoms with Gasteiger partial charge in [-0.05, 0) is 36.5 Å². The molecule has 106 valence electrons. The molecule has 2 rings (SSSR count). The van der Waals surface area contributed by atoms with Crippen LogP contribution >= 0.6 is 11.5 Å². The molecule has 0 aliphatic heterocycles. The third-order valence-electron chi connectivity index (χ3n) is 3.13. The fourth-order valence-corrected chi connectivity index (χ4v) is 2.48. The Kier molecular flexibility index (Phi) is 4.61. The minimum absolute atomic E-state index is 0.0270. The first-order valence-corrected chi connectivity index (χ1v) is 7.23. The molecule has 1 aromatic heterocycles. The van der Waals surface area contributed by atoms with Crippen LogP contribution < -0.4 is 10.5 Å². The van der Waals surface area contributed by atoms with Crippen molar-refractivity contribution in [3.63, 3.8) is 0 Å². The minimum Gasteiger partial charge on any atom is -0.488 e. The minimum atomic E-state index is -1.38. The third kappa shape index (κ3) is 3.70. The zero-order chi connectivity index (χ0) is 14.6. The van der Waals surface area contributed by atoms with Gasteiger partial charge >= 0.3 is 0 Å². The van der Waals surface area contributed by atoms with Crippen LogP contribution in [0.5, 0.6) is 5.75 Å². The number of nitrogens with zero attached hydrogens (tertiary/aromatic N) is 1. The molecule has 0 amide bonds. The maximum absolute atomic E-state index is 10.1. The first kappa shape index (κ1) is 14.8. The Bertz CT molecular complexity index is 616. The molecule has 1 heterocycles. The number of rotatable bonds is 6. The van der Waals surface area contributed by atoms with E-state index in [2.05, 4.69) is 10.3 Å². The first-order valence-electron chi connectivity index (χ1n) is 6.45. The predicted molar refractivity (Wildman–Crippen MR) is 81.5 cm³/mol. The van der Waals surface area contributed by atoms with Gasteiger partial charge in [-0.3, -0.25) is 0 Å². The van der Waals surface area contributed by atoms with Crippen molar-refractivity contribution in [2.24, 2.45) is 11.7 Å². The van der Waals surface area contributed by atoms with Gasteiger partial charge in [0.1, 0.15) is 18.1 Å². The summed E-state index contributed by atoms with van der Waals surface area (Å²) in [6.45, 7) is 1.95. The van der Waals surface area contributed by atoms with Crippen molar-refractivity contribution in [3.05, 3.63) is 24.4 Å². The highest BCUT2D eigenvalue weighted by Gasteiger charge is 2.23. The first-order chi connectivity index (χ1) is 9.52. The largest absolute Gasteiger partial charge is 0.488 e. The van der Waals surface area contributed by atoms with E-state index in [0.717, 1.165) is 10.1 Å². The van der Waals surface area contributed by atoms with E-state index in [1.54, 1.807) is 6.20 Å². The molecule has 0 spiro atoms. The highest BCUT2D eigenvalue weighted by molar-refractivity contribution is 7.13. The van der Waals surface area contributed by atoms with Gasteiger partial charge in [-0.15, -0.1) is 12.3 Å². The Balaban J connectivity index is 1.97. The van der Waals surface area contributed by atoms with Gasteiger partial charge in [-0.25, -0.2) is 0 Å². The van der Waals surface area contributed by atoms with Crippen molar-refractivity contribution >= 4 is 21.6 Å². The number of terminal acetylenes is 1. The van der Waals surface area contributed by atoms with Crippen LogP contribution in [0.4, 0.5) is 0 Å². The number of ether oxygens (including phenoxy) is 1. The molecule has 0 fully saturated rings. The summed E-state index contributed by atoms with van der Waals surface area (Å²) in [5.41, 5.74) is 4.46. The second kappa shape index (κ2) is 6.23. The lowest BCUT2D eigenvalue weighted by atomic mass is 10.0. The lowest BCUT2D eigenvalue weighted by Gasteiger charge is -2.24. The molecule has 0 aliphatic carbocycles. The Morgan fingerprint density at radius 2 is 2.40 bits per heavy atom. The molecule has 5 heteroatoms. The Morgan fingerprint density at radius 3 is 3.15 bits per heavy atom. The molecule has 2 unspecified atom stereocenters. The predicted octanol–water partition coefficient (Wildman–Crippen LogP) is 2.37. The summed E-state index contributed by atoms with van der Waals surface area (Å²) in [4.78, 5) is 0. The van der Waals surface area contributed by atoms with E-state index in [1.165, 1.54) is 11.5 Å². The van der Waals surface area contributed by atoms with Gasteiger partial charge in [0.2, 0.25) is 0 Å². The number of hydrogen-bond donors (Lipinski definition) is 2. The number of aromatic nitrogens is 1. The van der Waals surface area contributed by atoms with Crippen LogP contribution in [-0.2, 0) is 0 Å². The number of benzene rings is 1. The Hall–Kier alpha value is -1.61. The molecule has 2 atom stereocenters. The van der Waals surface area contributed by atoms with Crippen LogP contribution in [0.1, 0.15) is 19.8 Å². The van der Waals surface area contributed by atoms with Crippen molar-refractivity contribution in [2.75, 3.05) is 6.61 Å². The number of fused-ring (bicyclic) bond motifs is 1. The van der Waals surface area contributed by atoms with Crippen molar-refractivity contribution in [2.45, 2.75) is 25.5 Å². The quantitative estimate of drug-likeness (QED) is 0.633. The van der Waals surface area contributed by atoms with E-state index in [4.69, 9.17) is 16.9 Å². The topological polar surface area (TPSA) is 68.4 Å². The lowest BCUT2D eigenvalue weighted by molar-refractivity contribution is -0.00931. The summed E-state index contributed by atoms with van der Waals surface area (Å²) < 4.78 is 10.8. The number of hydrogen-bond acceptors (Lipinski definition) is 5. The Morgan fingerprint density at radius 1 is 1.60 bits per heavy atom. The van der Waals surface area contributed by atoms with E-state index in [0.29, 0.717) is 18.6 Å². The normalized spacial score (nSPS) is 15.5. The zero-order valence-corrected chi connectivity index (χ0v) is 12.2.